The summed E-state index contributed by atoms with van der Waals surface area (Å²) in [5, 5.41) is 6.66. The minimum absolute atomic E-state index is 0.445. The van der Waals surface area contributed by atoms with E-state index >= 15 is 0 Å². The second kappa shape index (κ2) is 4.84. The molecule has 17 heavy (non-hydrogen) atoms. The first-order chi connectivity index (χ1) is 8.33. The van der Waals surface area contributed by atoms with Gasteiger partial charge in [-0.2, -0.15) is 0 Å². The number of pyridine rings is 1. The van der Waals surface area contributed by atoms with Gasteiger partial charge < -0.3 is 5.32 Å². The average molecular weight is 310 g/mol. The lowest BCUT2D eigenvalue weighted by molar-refractivity contribution is 0.632. The van der Waals surface area contributed by atoms with Gasteiger partial charge in [0.1, 0.15) is 5.01 Å². The summed E-state index contributed by atoms with van der Waals surface area (Å²) < 4.78 is 0.991. The number of halogens is 1. The lowest BCUT2D eigenvalue weighted by atomic mass is 10.2. The third kappa shape index (κ3) is 2.41. The monoisotopic (exact) mass is 309 g/mol. The summed E-state index contributed by atoms with van der Waals surface area (Å²) in [4.78, 5) is 8.87. The van der Waals surface area contributed by atoms with Gasteiger partial charge in [-0.25, -0.2) is 4.98 Å². The third-order valence-electron chi connectivity index (χ3n) is 2.89. The van der Waals surface area contributed by atoms with Crippen molar-refractivity contribution in [1.82, 2.24) is 15.3 Å². The smallest absolute Gasteiger partial charge is 0.125 e. The molecule has 1 saturated heterocycles. The Kier molecular flexibility index (Phi) is 3.22. The number of aromatic nitrogens is 2. The fourth-order valence-corrected chi connectivity index (χ4v) is 3.26. The summed E-state index contributed by atoms with van der Waals surface area (Å²) in [7, 11) is 0. The van der Waals surface area contributed by atoms with Crippen molar-refractivity contribution >= 4 is 27.3 Å². The second-order valence-corrected chi connectivity index (χ2v) is 5.89. The van der Waals surface area contributed by atoms with Crippen LogP contribution < -0.4 is 5.32 Å². The number of hydrogen-bond acceptors (Lipinski definition) is 4. The van der Waals surface area contributed by atoms with Crippen molar-refractivity contribution in [3.8, 4) is 10.6 Å². The number of thiazole rings is 1. The quantitative estimate of drug-likeness (QED) is 0.924. The van der Waals surface area contributed by atoms with Gasteiger partial charge in [0.25, 0.3) is 0 Å². The van der Waals surface area contributed by atoms with Crippen LogP contribution in [0.3, 0.4) is 0 Å². The van der Waals surface area contributed by atoms with E-state index in [1.54, 1.807) is 17.5 Å². The molecule has 0 bridgehead atoms. The van der Waals surface area contributed by atoms with Crippen molar-refractivity contribution in [2.45, 2.75) is 18.9 Å². The van der Waals surface area contributed by atoms with E-state index in [0.717, 1.165) is 21.6 Å². The summed E-state index contributed by atoms with van der Waals surface area (Å²) in [5.41, 5.74) is 2.25. The summed E-state index contributed by atoms with van der Waals surface area (Å²) in [6, 6.07) is 2.50. The van der Waals surface area contributed by atoms with Gasteiger partial charge in [0.15, 0.2) is 0 Å². The van der Waals surface area contributed by atoms with E-state index in [4.69, 9.17) is 4.98 Å². The van der Waals surface area contributed by atoms with Crippen LogP contribution in [0.1, 0.15) is 24.6 Å². The van der Waals surface area contributed by atoms with Crippen molar-refractivity contribution in [2.24, 2.45) is 0 Å². The SMILES string of the molecule is Brc1cncc(-c2nc(C3CCCN3)cs2)c1. The van der Waals surface area contributed by atoms with E-state index in [2.05, 4.69) is 37.7 Å². The Morgan fingerprint density at radius 1 is 1.41 bits per heavy atom. The van der Waals surface area contributed by atoms with E-state index < -0.39 is 0 Å². The minimum Gasteiger partial charge on any atom is -0.309 e. The normalized spacial score (nSPS) is 19.7. The molecule has 1 aliphatic rings. The molecule has 2 aromatic rings. The van der Waals surface area contributed by atoms with Gasteiger partial charge in [-0.15, -0.1) is 11.3 Å². The zero-order valence-electron chi connectivity index (χ0n) is 9.19. The molecule has 0 radical (unpaired) electrons. The number of nitrogens with zero attached hydrogens (tertiary/aromatic N) is 2. The van der Waals surface area contributed by atoms with E-state index in [1.165, 1.54) is 18.5 Å². The van der Waals surface area contributed by atoms with Crippen LogP contribution >= 0.6 is 27.3 Å². The Morgan fingerprint density at radius 2 is 2.35 bits per heavy atom. The lowest BCUT2D eigenvalue weighted by Gasteiger charge is -2.04. The molecule has 0 saturated carbocycles. The topological polar surface area (TPSA) is 37.8 Å². The van der Waals surface area contributed by atoms with Crippen LogP contribution in [-0.2, 0) is 0 Å². The Bertz CT molecular complexity index is 520. The summed E-state index contributed by atoms with van der Waals surface area (Å²) >= 11 is 5.12. The second-order valence-electron chi connectivity index (χ2n) is 4.12. The molecular weight excluding hydrogens is 298 g/mol. The molecule has 1 fully saturated rings. The number of nitrogens with one attached hydrogen (secondary N) is 1. The largest absolute Gasteiger partial charge is 0.309 e. The maximum absolute atomic E-state index is 4.70. The highest BCUT2D eigenvalue weighted by Gasteiger charge is 2.19. The number of rotatable bonds is 2. The first kappa shape index (κ1) is 11.3. The zero-order chi connectivity index (χ0) is 11.7. The Hall–Kier alpha value is -0.780. The van der Waals surface area contributed by atoms with Crippen molar-refractivity contribution in [3.05, 3.63) is 34.0 Å². The summed E-state index contributed by atoms with van der Waals surface area (Å²) in [6.07, 6.45) is 6.09. The standard InChI is InChI=1S/C12H12BrN3S/c13-9-4-8(5-14-6-9)12-16-11(7-17-12)10-2-1-3-15-10/h4-7,10,15H,1-3H2. The molecule has 88 valence electrons. The fourth-order valence-electron chi connectivity index (χ4n) is 2.04. The van der Waals surface area contributed by atoms with Gasteiger partial charge >= 0.3 is 0 Å². The predicted molar refractivity (Wildman–Crippen MR) is 73.0 cm³/mol. The molecule has 1 unspecified atom stereocenters. The van der Waals surface area contributed by atoms with Crippen LogP contribution in [0.4, 0.5) is 0 Å². The molecule has 3 heterocycles. The van der Waals surface area contributed by atoms with Crippen molar-refractivity contribution in [3.63, 3.8) is 0 Å². The van der Waals surface area contributed by atoms with Gasteiger partial charge in [0.2, 0.25) is 0 Å². The third-order valence-corrected chi connectivity index (χ3v) is 4.23. The Morgan fingerprint density at radius 3 is 3.12 bits per heavy atom. The van der Waals surface area contributed by atoms with Gasteiger partial charge in [0, 0.05) is 27.8 Å². The highest BCUT2D eigenvalue weighted by molar-refractivity contribution is 9.10. The highest BCUT2D eigenvalue weighted by Crippen LogP contribution is 2.30. The summed E-state index contributed by atoms with van der Waals surface area (Å²) in [5.74, 6) is 0. The molecule has 0 aliphatic carbocycles. The molecule has 1 aliphatic heterocycles. The number of hydrogen-bond donors (Lipinski definition) is 1. The molecule has 1 N–H and O–H groups in total. The van der Waals surface area contributed by atoms with Crippen molar-refractivity contribution in [1.29, 1.82) is 0 Å². The van der Waals surface area contributed by atoms with E-state index in [0.29, 0.717) is 6.04 Å². The van der Waals surface area contributed by atoms with Crippen LogP contribution in [0.2, 0.25) is 0 Å². The van der Waals surface area contributed by atoms with Gasteiger partial charge in [-0.1, -0.05) is 0 Å². The average Bonchev–Trinajstić information content (AvgIpc) is 3.00. The molecule has 3 nitrogen and oxygen atoms in total. The molecule has 3 rings (SSSR count). The molecule has 1 atom stereocenters. The molecule has 0 spiro atoms. The van der Waals surface area contributed by atoms with Crippen molar-refractivity contribution < 1.29 is 0 Å². The van der Waals surface area contributed by atoms with Crippen LogP contribution in [0.5, 0.6) is 0 Å². The Balaban J connectivity index is 1.89. The summed E-state index contributed by atoms with van der Waals surface area (Å²) in [6.45, 7) is 1.11. The van der Waals surface area contributed by atoms with Crippen LogP contribution in [-0.4, -0.2) is 16.5 Å². The Labute approximate surface area is 112 Å². The minimum atomic E-state index is 0.445. The molecule has 2 aromatic heterocycles. The van der Waals surface area contributed by atoms with Gasteiger partial charge in [-0.05, 0) is 41.4 Å². The van der Waals surface area contributed by atoms with E-state index in [9.17, 15) is 0 Å². The molecule has 0 aromatic carbocycles. The molecular formula is C12H12BrN3S. The maximum Gasteiger partial charge on any atom is 0.125 e. The maximum atomic E-state index is 4.70. The zero-order valence-corrected chi connectivity index (χ0v) is 11.6. The predicted octanol–water partition coefficient (Wildman–Crippen LogP) is 3.39. The first-order valence-electron chi connectivity index (χ1n) is 5.62. The highest BCUT2D eigenvalue weighted by atomic mass is 79.9. The van der Waals surface area contributed by atoms with Crippen LogP contribution in [0, 0.1) is 0 Å². The molecule has 5 heteroatoms. The first-order valence-corrected chi connectivity index (χ1v) is 7.30. The van der Waals surface area contributed by atoms with E-state index in [1.807, 2.05) is 6.20 Å². The van der Waals surface area contributed by atoms with Gasteiger partial charge in [0.05, 0.1) is 11.7 Å². The molecule has 0 amide bonds. The lowest BCUT2D eigenvalue weighted by Crippen LogP contribution is -2.12. The fraction of sp³-hybridized carbons (Fsp3) is 0.333. The van der Waals surface area contributed by atoms with Crippen LogP contribution in [0.15, 0.2) is 28.3 Å². The van der Waals surface area contributed by atoms with Crippen molar-refractivity contribution in [2.75, 3.05) is 6.54 Å². The van der Waals surface area contributed by atoms with E-state index in [-0.39, 0.29) is 0 Å². The van der Waals surface area contributed by atoms with Crippen LogP contribution in [0.25, 0.3) is 10.6 Å². The van der Waals surface area contributed by atoms with Gasteiger partial charge in [-0.3, -0.25) is 4.98 Å².